The van der Waals surface area contributed by atoms with Gasteiger partial charge in [0.2, 0.25) is 5.91 Å². The molecule has 2 aromatic carbocycles. The molecule has 0 unspecified atom stereocenters. The molecule has 1 aromatic heterocycles. The molecule has 5 nitrogen and oxygen atoms in total. The number of fused-ring (bicyclic) bond motifs is 1. The summed E-state index contributed by atoms with van der Waals surface area (Å²) in [7, 11) is 0. The van der Waals surface area contributed by atoms with E-state index in [1.807, 2.05) is 43.3 Å². The molecule has 3 aromatic rings. The lowest BCUT2D eigenvalue weighted by atomic mass is 10.2. The monoisotopic (exact) mass is 388 g/mol. The second-order valence-corrected chi connectivity index (χ2v) is 7.27. The van der Waals surface area contributed by atoms with Crippen molar-refractivity contribution in [2.45, 2.75) is 30.2 Å². The van der Waals surface area contributed by atoms with Gasteiger partial charge in [0, 0.05) is 27.8 Å². The highest BCUT2D eigenvalue weighted by atomic mass is 35.5. The van der Waals surface area contributed by atoms with Crippen LogP contribution in [0.25, 0.3) is 10.9 Å². The van der Waals surface area contributed by atoms with Gasteiger partial charge in [-0.1, -0.05) is 41.6 Å². The highest BCUT2D eigenvalue weighted by Gasteiger charge is 2.20. The molecule has 0 aliphatic carbocycles. The van der Waals surface area contributed by atoms with Crippen molar-refractivity contribution >= 4 is 51.8 Å². The Balaban J connectivity index is 2.25. The molecule has 2 N–H and O–H groups in total. The number of rotatable bonds is 5. The number of carboxylic acid groups (broad SMARTS) is 1. The maximum Gasteiger partial charge on any atom is 0.323 e. The SMILES string of the molecule is CC(=O)Nc1cccc2c1c(Sc1ccccc1Cl)c(C)n2CC(=O)O. The Labute approximate surface area is 160 Å². The minimum atomic E-state index is -0.927. The summed E-state index contributed by atoms with van der Waals surface area (Å²) in [4.78, 5) is 24.7. The minimum absolute atomic E-state index is 0.158. The molecule has 0 aliphatic rings. The van der Waals surface area contributed by atoms with E-state index in [1.54, 1.807) is 10.6 Å². The van der Waals surface area contributed by atoms with Gasteiger partial charge >= 0.3 is 5.97 Å². The molecular weight excluding hydrogens is 372 g/mol. The Bertz CT molecular complexity index is 1010. The number of nitrogens with one attached hydrogen (secondary N) is 1. The van der Waals surface area contributed by atoms with Crippen LogP contribution in [0.4, 0.5) is 5.69 Å². The van der Waals surface area contributed by atoms with Crippen LogP contribution in [0.1, 0.15) is 12.6 Å². The van der Waals surface area contributed by atoms with Crippen molar-refractivity contribution < 1.29 is 14.7 Å². The Morgan fingerprint density at radius 3 is 2.58 bits per heavy atom. The van der Waals surface area contributed by atoms with Crippen LogP contribution in [0.15, 0.2) is 52.3 Å². The summed E-state index contributed by atoms with van der Waals surface area (Å²) in [5.41, 5.74) is 2.22. The fourth-order valence-electron chi connectivity index (χ4n) is 2.88. The van der Waals surface area contributed by atoms with Crippen molar-refractivity contribution in [3.05, 3.63) is 53.2 Å². The van der Waals surface area contributed by atoms with Crippen molar-refractivity contribution in [1.82, 2.24) is 4.57 Å². The van der Waals surface area contributed by atoms with Crippen molar-refractivity contribution in [1.29, 1.82) is 0 Å². The number of halogens is 1. The average Bonchev–Trinajstić information content (AvgIpc) is 2.82. The molecule has 0 bridgehead atoms. The first-order valence-corrected chi connectivity index (χ1v) is 9.11. The first-order valence-electron chi connectivity index (χ1n) is 7.92. The zero-order valence-corrected chi connectivity index (χ0v) is 15.8. The number of anilines is 1. The van der Waals surface area contributed by atoms with Gasteiger partial charge in [0.05, 0.1) is 16.2 Å². The zero-order chi connectivity index (χ0) is 18.8. The predicted octanol–water partition coefficient (Wildman–Crippen LogP) is 4.80. The molecule has 0 saturated heterocycles. The molecule has 0 saturated carbocycles. The molecule has 0 aliphatic heterocycles. The minimum Gasteiger partial charge on any atom is -0.480 e. The van der Waals surface area contributed by atoms with Crippen LogP contribution in [0.3, 0.4) is 0 Å². The van der Waals surface area contributed by atoms with Crippen molar-refractivity contribution in [2.75, 3.05) is 5.32 Å². The van der Waals surface area contributed by atoms with Gasteiger partial charge in [-0.15, -0.1) is 0 Å². The highest BCUT2D eigenvalue weighted by Crippen LogP contribution is 2.43. The standard InChI is InChI=1S/C19H17ClN2O3S/c1-11-19(26-16-9-4-3-6-13(16)20)18-14(21-12(2)23)7-5-8-15(18)22(11)10-17(24)25/h3-9H,10H2,1-2H3,(H,21,23)(H,24,25). The first kappa shape index (κ1) is 18.4. The molecule has 3 rings (SSSR count). The second-order valence-electron chi connectivity index (χ2n) is 5.81. The van der Waals surface area contributed by atoms with E-state index < -0.39 is 5.97 Å². The van der Waals surface area contributed by atoms with Gasteiger partial charge in [0.1, 0.15) is 6.54 Å². The highest BCUT2D eigenvalue weighted by molar-refractivity contribution is 7.99. The molecular formula is C19H17ClN2O3S. The van der Waals surface area contributed by atoms with Crippen LogP contribution in [-0.2, 0) is 16.1 Å². The number of hydrogen-bond donors (Lipinski definition) is 2. The topological polar surface area (TPSA) is 71.3 Å². The summed E-state index contributed by atoms with van der Waals surface area (Å²) in [6.45, 7) is 3.16. The molecule has 1 heterocycles. The van der Waals surface area contributed by atoms with Gasteiger partial charge in [0.15, 0.2) is 0 Å². The molecule has 26 heavy (non-hydrogen) atoms. The number of carbonyl (C=O) groups excluding carboxylic acids is 1. The summed E-state index contributed by atoms with van der Waals surface area (Å²) in [5.74, 6) is -1.11. The predicted molar refractivity (Wildman–Crippen MR) is 104 cm³/mol. The number of carboxylic acids is 1. The van der Waals surface area contributed by atoms with Gasteiger partial charge in [-0.3, -0.25) is 9.59 Å². The van der Waals surface area contributed by atoms with E-state index in [0.717, 1.165) is 26.4 Å². The van der Waals surface area contributed by atoms with Crippen LogP contribution in [-0.4, -0.2) is 21.6 Å². The van der Waals surface area contributed by atoms with Crippen molar-refractivity contribution in [2.24, 2.45) is 0 Å². The number of carbonyl (C=O) groups is 2. The number of nitrogens with zero attached hydrogens (tertiary/aromatic N) is 1. The Morgan fingerprint density at radius 2 is 1.92 bits per heavy atom. The summed E-state index contributed by atoms with van der Waals surface area (Å²) in [6, 6.07) is 12.9. The van der Waals surface area contributed by atoms with E-state index in [4.69, 9.17) is 11.6 Å². The van der Waals surface area contributed by atoms with E-state index in [-0.39, 0.29) is 12.5 Å². The first-order chi connectivity index (χ1) is 12.4. The molecule has 0 atom stereocenters. The van der Waals surface area contributed by atoms with Crippen molar-refractivity contribution in [3.8, 4) is 0 Å². The Morgan fingerprint density at radius 1 is 1.19 bits per heavy atom. The average molecular weight is 389 g/mol. The molecule has 0 radical (unpaired) electrons. The lowest BCUT2D eigenvalue weighted by Gasteiger charge is -2.08. The second kappa shape index (κ2) is 7.43. The van der Waals surface area contributed by atoms with Gasteiger partial charge in [-0.2, -0.15) is 0 Å². The summed E-state index contributed by atoms with van der Waals surface area (Å²) >= 11 is 7.76. The summed E-state index contributed by atoms with van der Waals surface area (Å²) in [5, 5.41) is 13.6. The molecule has 7 heteroatoms. The van der Waals surface area contributed by atoms with Crippen LogP contribution >= 0.6 is 23.4 Å². The van der Waals surface area contributed by atoms with Gasteiger partial charge in [-0.05, 0) is 31.2 Å². The summed E-state index contributed by atoms with van der Waals surface area (Å²) < 4.78 is 1.74. The van der Waals surface area contributed by atoms with E-state index in [0.29, 0.717) is 10.7 Å². The van der Waals surface area contributed by atoms with Crippen LogP contribution < -0.4 is 5.32 Å². The third kappa shape index (κ3) is 3.57. The smallest absolute Gasteiger partial charge is 0.323 e. The lowest BCUT2D eigenvalue weighted by Crippen LogP contribution is -2.10. The summed E-state index contributed by atoms with van der Waals surface area (Å²) in [6.07, 6.45) is 0. The quantitative estimate of drug-likeness (QED) is 0.658. The molecule has 134 valence electrons. The van der Waals surface area contributed by atoms with Gasteiger partial charge < -0.3 is 15.0 Å². The largest absolute Gasteiger partial charge is 0.480 e. The normalized spacial score (nSPS) is 10.9. The Kier molecular flexibility index (Phi) is 5.25. The van der Waals surface area contributed by atoms with Crippen LogP contribution in [0.2, 0.25) is 5.02 Å². The fourth-order valence-corrected chi connectivity index (χ4v) is 4.24. The van der Waals surface area contributed by atoms with Crippen molar-refractivity contribution in [3.63, 3.8) is 0 Å². The third-order valence-electron chi connectivity index (χ3n) is 3.95. The molecule has 0 fully saturated rings. The fraction of sp³-hybridized carbons (Fsp3) is 0.158. The Hall–Kier alpha value is -2.44. The zero-order valence-electron chi connectivity index (χ0n) is 14.2. The molecule has 1 amide bonds. The number of aliphatic carboxylic acids is 1. The third-order valence-corrected chi connectivity index (χ3v) is 5.67. The van der Waals surface area contributed by atoms with E-state index in [9.17, 15) is 14.7 Å². The number of aromatic nitrogens is 1. The van der Waals surface area contributed by atoms with E-state index in [1.165, 1.54) is 18.7 Å². The maximum absolute atomic E-state index is 11.6. The lowest BCUT2D eigenvalue weighted by molar-refractivity contribution is -0.137. The molecule has 0 spiro atoms. The van der Waals surface area contributed by atoms with Gasteiger partial charge in [0.25, 0.3) is 0 Å². The van der Waals surface area contributed by atoms with Crippen LogP contribution in [0.5, 0.6) is 0 Å². The van der Waals surface area contributed by atoms with E-state index >= 15 is 0 Å². The number of amides is 1. The maximum atomic E-state index is 11.6. The number of benzene rings is 2. The van der Waals surface area contributed by atoms with Crippen LogP contribution in [0, 0.1) is 6.92 Å². The van der Waals surface area contributed by atoms with Gasteiger partial charge in [-0.25, -0.2) is 0 Å². The number of hydrogen-bond acceptors (Lipinski definition) is 3. The van der Waals surface area contributed by atoms with E-state index in [2.05, 4.69) is 5.32 Å².